The number of urea groups is 1. The van der Waals surface area contributed by atoms with Crippen molar-refractivity contribution in [2.24, 2.45) is 0 Å². The van der Waals surface area contributed by atoms with E-state index in [1.165, 1.54) is 7.11 Å². The average molecular weight is 403 g/mol. The maximum absolute atomic E-state index is 12.8. The number of fused-ring (bicyclic) bond motifs is 1. The minimum absolute atomic E-state index is 0.0406. The highest BCUT2D eigenvalue weighted by Gasteiger charge is 2.42. The lowest BCUT2D eigenvalue weighted by Gasteiger charge is -2.36. The Labute approximate surface area is 171 Å². The van der Waals surface area contributed by atoms with Crippen LogP contribution >= 0.6 is 0 Å². The molecule has 0 saturated carbocycles. The molecule has 0 radical (unpaired) electrons. The summed E-state index contributed by atoms with van der Waals surface area (Å²) < 4.78 is 10.1. The Morgan fingerprint density at radius 3 is 2.41 bits per heavy atom. The number of piperazine rings is 1. The second-order valence-corrected chi connectivity index (χ2v) is 8.41. The van der Waals surface area contributed by atoms with Crippen LogP contribution in [-0.4, -0.2) is 72.8 Å². The molecule has 0 aliphatic carbocycles. The Bertz CT molecular complexity index is 772. The first-order chi connectivity index (χ1) is 13.7. The lowest BCUT2D eigenvalue weighted by atomic mass is 10.1. The van der Waals surface area contributed by atoms with Crippen molar-refractivity contribution >= 4 is 23.8 Å². The van der Waals surface area contributed by atoms with Crippen molar-refractivity contribution in [1.29, 1.82) is 0 Å². The average Bonchev–Trinajstić information content (AvgIpc) is 3.01. The van der Waals surface area contributed by atoms with Crippen LogP contribution < -0.4 is 4.90 Å². The van der Waals surface area contributed by atoms with Gasteiger partial charge in [0.1, 0.15) is 5.60 Å². The van der Waals surface area contributed by atoms with Gasteiger partial charge < -0.3 is 19.3 Å². The van der Waals surface area contributed by atoms with Gasteiger partial charge in [0.15, 0.2) is 0 Å². The van der Waals surface area contributed by atoms with E-state index in [0.717, 1.165) is 11.3 Å². The van der Waals surface area contributed by atoms with Gasteiger partial charge in [-0.25, -0.2) is 9.59 Å². The largest absolute Gasteiger partial charge is 0.469 e. The summed E-state index contributed by atoms with van der Waals surface area (Å²) in [6, 6.07) is 7.55. The highest BCUT2D eigenvalue weighted by atomic mass is 16.6. The number of carbonyl (C=O) groups is 3. The van der Waals surface area contributed by atoms with E-state index in [1.807, 2.05) is 49.9 Å². The van der Waals surface area contributed by atoms with Gasteiger partial charge in [0.25, 0.3) is 0 Å². The molecular weight excluding hydrogens is 374 g/mol. The fraction of sp³-hybridized carbons (Fsp3) is 0.571. The molecule has 1 aromatic carbocycles. The molecule has 1 atom stereocenters. The maximum atomic E-state index is 12.8. The van der Waals surface area contributed by atoms with Gasteiger partial charge >= 0.3 is 18.1 Å². The van der Waals surface area contributed by atoms with Crippen molar-refractivity contribution in [2.45, 2.75) is 45.3 Å². The van der Waals surface area contributed by atoms with Gasteiger partial charge in [-0.15, -0.1) is 0 Å². The summed E-state index contributed by atoms with van der Waals surface area (Å²) in [6.07, 6.45) is 0.591. The summed E-state index contributed by atoms with van der Waals surface area (Å²) in [5.41, 5.74) is 1.29. The van der Waals surface area contributed by atoms with Crippen molar-refractivity contribution in [3.63, 3.8) is 0 Å². The summed E-state index contributed by atoms with van der Waals surface area (Å²) >= 11 is 0. The Morgan fingerprint density at radius 1 is 1.10 bits per heavy atom. The van der Waals surface area contributed by atoms with Crippen LogP contribution in [0.2, 0.25) is 0 Å². The summed E-state index contributed by atoms with van der Waals surface area (Å²) in [4.78, 5) is 41.7. The molecule has 29 heavy (non-hydrogen) atoms. The molecule has 2 aliphatic rings. The number of hydrogen-bond donors (Lipinski definition) is 0. The summed E-state index contributed by atoms with van der Waals surface area (Å²) in [6.45, 7) is 7.49. The molecule has 8 heteroatoms. The smallest absolute Gasteiger partial charge is 0.410 e. The monoisotopic (exact) mass is 403 g/mol. The molecule has 0 bridgehead atoms. The molecule has 0 aromatic heterocycles. The predicted molar refractivity (Wildman–Crippen MR) is 108 cm³/mol. The lowest BCUT2D eigenvalue weighted by Crippen LogP contribution is -2.54. The second-order valence-electron chi connectivity index (χ2n) is 8.41. The van der Waals surface area contributed by atoms with Crippen LogP contribution in [0.4, 0.5) is 15.3 Å². The molecule has 2 fully saturated rings. The van der Waals surface area contributed by atoms with Crippen LogP contribution in [0.5, 0.6) is 0 Å². The minimum Gasteiger partial charge on any atom is -0.469 e. The number of ether oxygens (including phenoxy) is 2. The molecule has 1 aromatic rings. The van der Waals surface area contributed by atoms with E-state index in [0.29, 0.717) is 39.0 Å². The molecule has 2 heterocycles. The van der Waals surface area contributed by atoms with Gasteiger partial charge in [0, 0.05) is 38.3 Å². The molecule has 8 nitrogen and oxygen atoms in total. The molecule has 0 unspecified atom stereocenters. The first kappa shape index (κ1) is 21.0. The third-order valence-corrected chi connectivity index (χ3v) is 5.10. The lowest BCUT2D eigenvalue weighted by molar-refractivity contribution is -0.140. The number of amides is 3. The first-order valence-electron chi connectivity index (χ1n) is 9.90. The Kier molecular flexibility index (Phi) is 6.00. The SMILES string of the molecule is COC(=O)CCc1ccc(N2C[C@@H]3CN(C(=O)OC(C)(C)C)CCN3C2=O)cc1. The third kappa shape index (κ3) is 4.99. The Balaban J connectivity index is 1.61. The van der Waals surface area contributed by atoms with Crippen LogP contribution in [0.15, 0.2) is 24.3 Å². The molecule has 158 valence electrons. The van der Waals surface area contributed by atoms with E-state index in [-0.39, 0.29) is 24.1 Å². The zero-order valence-corrected chi connectivity index (χ0v) is 17.5. The first-order valence-corrected chi connectivity index (χ1v) is 9.90. The number of hydrogen-bond acceptors (Lipinski definition) is 5. The summed E-state index contributed by atoms with van der Waals surface area (Å²) in [5, 5.41) is 0. The zero-order valence-electron chi connectivity index (χ0n) is 17.5. The quantitative estimate of drug-likeness (QED) is 0.722. The van der Waals surface area contributed by atoms with E-state index in [4.69, 9.17) is 4.74 Å². The van der Waals surface area contributed by atoms with Gasteiger partial charge in [0.2, 0.25) is 0 Å². The van der Waals surface area contributed by atoms with E-state index in [1.54, 1.807) is 9.80 Å². The van der Waals surface area contributed by atoms with E-state index in [9.17, 15) is 14.4 Å². The number of anilines is 1. The molecule has 2 aliphatic heterocycles. The van der Waals surface area contributed by atoms with Crippen molar-refractivity contribution in [3.05, 3.63) is 29.8 Å². The van der Waals surface area contributed by atoms with Crippen molar-refractivity contribution in [1.82, 2.24) is 9.80 Å². The van der Waals surface area contributed by atoms with Gasteiger partial charge in [-0.3, -0.25) is 9.69 Å². The van der Waals surface area contributed by atoms with Crippen molar-refractivity contribution in [3.8, 4) is 0 Å². The molecule has 0 spiro atoms. The van der Waals surface area contributed by atoms with Gasteiger partial charge in [-0.2, -0.15) is 0 Å². The van der Waals surface area contributed by atoms with Crippen LogP contribution in [0, 0.1) is 0 Å². The number of methoxy groups -OCH3 is 1. The van der Waals surface area contributed by atoms with Gasteiger partial charge in [-0.1, -0.05) is 12.1 Å². The van der Waals surface area contributed by atoms with E-state index in [2.05, 4.69) is 4.74 Å². The van der Waals surface area contributed by atoms with E-state index >= 15 is 0 Å². The number of esters is 1. The molecule has 3 rings (SSSR count). The summed E-state index contributed by atoms with van der Waals surface area (Å²) in [7, 11) is 1.38. The standard InChI is InChI=1S/C21H29N3O5/c1-21(2,3)29-20(27)22-11-12-23-17(13-22)14-24(19(23)26)16-8-5-15(6-9-16)7-10-18(25)28-4/h5-6,8-9,17H,7,10-14H2,1-4H3/t17-/m0/s1. The number of rotatable bonds is 4. The Morgan fingerprint density at radius 2 is 1.79 bits per heavy atom. The zero-order chi connectivity index (χ0) is 21.2. The van der Waals surface area contributed by atoms with Crippen molar-refractivity contribution < 1.29 is 23.9 Å². The van der Waals surface area contributed by atoms with Crippen LogP contribution in [0.1, 0.15) is 32.8 Å². The maximum Gasteiger partial charge on any atom is 0.410 e. The Hall–Kier alpha value is -2.77. The van der Waals surface area contributed by atoms with Crippen LogP contribution in [0.3, 0.4) is 0 Å². The number of nitrogens with zero attached hydrogens (tertiary/aromatic N) is 3. The molecule has 2 saturated heterocycles. The topological polar surface area (TPSA) is 79.4 Å². The molecule has 3 amide bonds. The molecule has 0 N–H and O–H groups in total. The predicted octanol–water partition coefficient (Wildman–Crippen LogP) is 2.65. The highest BCUT2D eigenvalue weighted by Crippen LogP contribution is 2.27. The fourth-order valence-corrected chi connectivity index (χ4v) is 3.61. The number of benzene rings is 1. The minimum atomic E-state index is -0.540. The second kappa shape index (κ2) is 8.31. The van der Waals surface area contributed by atoms with Crippen molar-refractivity contribution in [2.75, 3.05) is 38.2 Å². The van der Waals surface area contributed by atoms with Crippen LogP contribution in [0.25, 0.3) is 0 Å². The normalized spacial score (nSPS) is 19.2. The van der Waals surface area contributed by atoms with Gasteiger partial charge in [0.05, 0.1) is 13.2 Å². The fourth-order valence-electron chi connectivity index (χ4n) is 3.61. The van der Waals surface area contributed by atoms with E-state index < -0.39 is 5.60 Å². The third-order valence-electron chi connectivity index (χ3n) is 5.10. The number of carbonyl (C=O) groups excluding carboxylic acids is 3. The molecular formula is C21H29N3O5. The number of aryl methyl sites for hydroxylation is 1. The highest BCUT2D eigenvalue weighted by molar-refractivity contribution is 5.95. The summed E-state index contributed by atoms with van der Waals surface area (Å²) in [5.74, 6) is -0.241. The van der Waals surface area contributed by atoms with Crippen LogP contribution in [-0.2, 0) is 20.7 Å². The van der Waals surface area contributed by atoms with Gasteiger partial charge in [-0.05, 0) is 44.9 Å².